The summed E-state index contributed by atoms with van der Waals surface area (Å²) >= 11 is 12.2. The van der Waals surface area contributed by atoms with Crippen LogP contribution in [0.2, 0.25) is 10.0 Å². The van der Waals surface area contributed by atoms with Crippen molar-refractivity contribution in [2.24, 2.45) is 11.5 Å². The predicted octanol–water partition coefficient (Wildman–Crippen LogP) is 3.05. The first-order valence-corrected chi connectivity index (χ1v) is 7.32. The Kier molecular flexibility index (Phi) is 5.43. The lowest BCUT2D eigenvalue weighted by Crippen LogP contribution is -2.09. The van der Waals surface area contributed by atoms with Crippen molar-refractivity contribution in [3.8, 4) is 11.3 Å². The Morgan fingerprint density at radius 3 is 2.60 bits per heavy atom. The van der Waals surface area contributed by atoms with Crippen LogP contribution in [0.3, 0.4) is 0 Å². The first-order chi connectivity index (χ1) is 9.67. The SMILES string of the molecule is NCCCCn1cnc(-c2ccc(Cl)cc2Cl)c1CN. The molecule has 0 bridgehead atoms. The van der Waals surface area contributed by atoms with Crippen molar-refractivity contribution < 1.29 is 0 Å². The number of unbranched alkanes of at least 4 members (excludes halogenated alkanes) is 1. The van der Waals surface area contributed by atoms with E-state index >= 15 is 0 Å². The van der Waals surface area contributed by atoms with Gasteiger partial charge in [-0.2, -0.15) is 0 Å². The van der Waals surface area contributed by atoms with Gasteiger partial charge < -0.3 is 16.0 Å². The molecule has 1 heterocycles. The Hall–Kier alpha value is -1.07. The third-order valence-corrected chi connectivity index (χ3v) is 3.73. The molecule has 0 aliphatic heterocycles. The average molecular weight is 313 g/mol. The maximum Gasteiger partial charge on any atom is 0.0956 e. The molecule has 0 aliphatic rings. The summed E-state index contributed by atoms with van der Waals surface area (Å²) in [6, 6.07) is 5.39. The molecule has 0 fully saturated rings. The average Bonchev–Trinajstić information content (AvgIpc) is 2.82. The smallest absolute Gasteiger partial charge is 0.0956 e. The summed E-state index contributed by atoms with van der Waals surface area (Å²) in [5.74, 6) is 0. The molecular weight excluding hydrogens is 295 g/mol. The molecule has 0 atom stereocenters. The quantitative estimate of drug-likeness (QED) is 0.805. The van der Waals surface area contributed by atoms with E-state index in [0.29, 0.717) is 23.1 Å². The van der Waals surface area contributed by atoms with Gasteiger partial charge in [0.2, 0.25) is 0 Å². The van der Waals surface area contributed by atoms with Gasteiger partial charge in [-0.25, -0.2) is 4.98 Å². The highest BCUT2D eigenvalue weighted by Gasteiger charge is 2.14. The van der Waals surface area contributed by atoms with Crippen LogP contribution >= 0.6 is 23.2 Å². The van der Waals surface area contributed by atoms with E-state index in [4.69, 9.17) is 34.7 Å². The normalized spacial score (nSPS) is 11.0. The fourth-order valence-electron chi connectivity index (χ4n) is 2.15. The Morgan fingerprint density at radius 1 is 1.15 bits per heavy atom. The Morgan fingerprint density at radius 2 is 1.95 bits per heavy atom. The Balaban J connectivity index is 2.32. The van der Waals surface area contributed by atoms with E-state index in [2.05, 4.69) is 9.55 Å². The molecule has 0 unspecified atom stereocenters. The molecule has 108 valence electrons. The number of hydrogen-bond acceptors (Lipinski definition) is 3. The van der Waals surface area contributed by atoms with Crippen molar-refractivity contribution >= 4 is 23.2 Å². The molecule has 0 saturated carbocycles. The van der Waals surface area contributed by atoms with Gasteiger partial charge in [0, 0.05) is 23.7 Å². The third-order valence-electron chi connectivity index (χ3n) is 3.18. The minimum absolute atomic E-state index is 0.414. The van der Waals surface area contributed by atoms with Crippen LogP contribution in [-0.4, -0.2) is 16.1 Å². The van der Waals surface area contributed by atoms with Crippen molar-refractivity contribution in [2.75, 3.05) is 6.54 Å². The molecule has 0 spiro atoms. The van der Waals surface area contributed by atoms with E-state index < -0.39 is 0 Å². The van der Waals surface area contributed by atoms with Crippen LogP contribution in [0.5, 0.6) is 0 Å². The maximum absolute atomic E-state index is 6.24. The second-order valence-electron chi connectivity index (χ2n) is 4.56. The molecule has 4 N–H and O–H groups in total. The molecule has 0 saturated heterocycles. The predicted molar refractivity (Wildman–Crippen MR) is 83.9 cm³/mol. The van der Waals surface area contributed by atoms with Gasteiger partial charge >= 0.3 is 0 Å². The maximum atomic E-state index is 6.24. The zero-order valence-electron chi connectivity index (χ0n) is 11.1. The number of imidazole rings is 1. The number of rotatable bonds is 6. The number of benzene rings is 1. The summed E-state index contributed by atoms with van der Waals surface area (Å²) in [6.07, 6.45) is 3.80. The number of aryl methyl sites for hydroxylation is 1. The molecule has 0 radical (unpaired) electrons. The second kappa shape index (κ2) is 7.09. The minimum Gasteiger partial charge on any atom is -0.333 e. The van der Waals surface area contributed by atoms with E-state index in [1.807, 2.05) is 6.07 Å². The summed E-state index contributed by atoms with van der Waals surface area (Å²) in [5, 5.41) is 1.19. The summed E-state index contributed by atoms with van der Waals surface area (Å²) in [4.78, 5) is 4.45. The van der Waals surface area contributed by atoms with E-state index in [9.17, 15) is 0 Å². The summed E-state index contributed by atoms with van der Waals surface area (Å²) < 4.78 is 2.07. The number of nitrogens with zero attached hydrogens (tertiary/aromatic N) is 2. The van der Waals surface area contributed by atoms with Gasteiger partial charge in [0.15, 0.2) is 0 Å². The molecule has 4 nitrogen and oxygen atoms in total. The largest absolute Gasteiger partial charge is 0.333 e. The van der Waals surface area contributed by atoms with E-state index in [1.54, 1.807) is 18.5 Å². The first kappa shape index (κ1) is 15.3. The van der Waals surface area contributed by atoms with Crippen LogP contribution in [0.25, 0.3) is 11.3 Å². The van der Waals surface area contributed by atoms with Crippen molar-refractivity contribution in [1.29, 1.82) is 0 Å². The van der Waals surface area contributed by atoms with Crippen molar-refractivity contribution in [1.82, 2.24) is 9.55 Å². The fourth-order valence-corrected chi connectivity index (χ4v) is 2.65. The van der Waals surface area contributed by atoms with Gasteiger partial charge in [0.25, 0.3) is 0 Å². The zero-order chi connectivity index (χ0) is 14.5. The summed E-state index contributed by atoms with van der Waals surface area (Å²) in [6.45, 7) is 1.97. The van der Waals surface area contributed by atoms with Gasteiger partial charge in [-0.3, -0.25) is 0 Å². The van der Waals surface area contributed by atoms with E-state index in [0.717, 1.165) is 36.3 Å². The molecule has 0 amide bonds. The lowest BCUT2D eigenvalue weighted by atomic mass is 10.1. The van der Waals surface area contributed by atoms with Crippen LogP contribution in [-0.2, 0) is 13.1 Å². The van der Waals surface area contributed by atoms with Gasteiger partial charge in [-0.15, -0.1) is 0 Å². The number of nitrogens with two attached hydrogens (primary N) is 2. The Bertz CT molecular complexity index is 581. The first-order valence-electron chi connectivity index (χ1n) is 6.57. The highest BCUT2D eigenvalue weighted by atomic mass is 35.5. The topological polar surface area (TPSA) is 69.9 Å². The number of hydrogen-bond donors (Lipinski definition) is 2. The monoisotopic (exact) mass is 312 g/mol. The summed E-state index contributed by atoms with van der Waals surface area (Å²) in [7, 11) is 0. The van der Waals surface area contributed by atoms with Crippen LogP contribution in [0.4, 0.5) is 0 Å². The Labute approximate surface area is 128 Å². The second-order valence-corrected chi connectivity index (χ2v) is 5.40. The van der Waals surface area contributed by atoms with Crippen LogP contribution in [0.1, 0.15) is 18.5 Å². The zero-order valence-corrected chi connectivity index (χ0v) is 12.7. The molecule has 1 aromatic heterocycles. The van der Waals surface area contributed by atoms with E-state index in [-0.39, 0.29) is 0 Å². The molecule has 6 heteroatoms. The van der Waals surface area contributed by atoms with Gasteiger partial charge in [0.05, 0.1) is 22.7 Å². The van der Waals surface area contributed by atoms with E-state index in [1.165, 1.54) is 0 Å². The summed E-state index contributed by atoms with van der Waals surface area (Å²) in [5.41, 5.74) is 14.0. The number of aromatic nitrogens is 2. The van der Waals surface area contributed by atoms with Crippen molar-refractivity contribution in [3.05, 3.63) is 40.3 Å². The molecule has 20 heavy (non-hydrogen) atoms. The van der Waals surface area contributed by atoms with Crippen molar-refractivity contribution in [2.45, 2.75) is 25.9 Å². The van der Waals surface area contributed by atoms with Crippen LogP contribution < -0.4 is 11.5 Å². The van der Waals surface area contributed by atoms with Crippen molar-refractivity contribution in [3.63, 3.8) is 0 Å². The van der Waals surface area contributed by atoms with Crippen LogP contribution in [0, 0.1) is 0 Å². The highest BCUT2D eigenvalue weighted by molar-refractivity contribution is 6.36. The minimum atomic E-state index is 0.414. The van der Waals surface area contributed by atoms with Gasteiger partial charge in [0.1, 0.15) is 0 Å². The fraction of sp³-hybridized carbons (Fsp3) is 0.357. The van der Waals surface area contributed by atoms with Gasteiger partial charge in [-0.1, -0.05) is 23.2 Å². The highest BCUT2D eigenvalue weighted by Crippen LogP contribution is 2.31. The van der Waals surface area contributed by atoms with Crippen LogP contribution in [0.15, 0.2) is 24.5 Å². The molecule has 0 aliphatic carbocycles. The molecular formula is C14H18Cl2N4. The lowest BCUT2D eigenvalue weighted by molar-refractivity contribution is 0.595. The number of halogens is 2. The molecule has 1 aromatic carbocycles. The third kappa shape index (κ3) is 3.33. The lowest BCUT2D eigenvalue weighted by Gasteiger charge is -2.09. The molecule has 2 rings (SSSR count). The van der Waals surface area contributed by atoms with Gasteiger partial charge in [-0.05, 0) is 37.6 Å². The standard InChI is InChI=1S/C14H18Cl2N4/c15-10-3-4-11(12(16)7-10)14-13(8-18)20(9-19-14)6-2-1-5-17/h3-4,7,9H,1-2,5-6,8,17-18H2. The molecule has 2 aromatic rings.